The lowest BCUT2D eigenvalue weighted by atomic mass is 10.1. The van der Waals surface area contributed by atoms with Gasteiger partial charge in [-0.05, 0) is 12.5 Å². The minimum Gasteiger partial charge on any atom is -0.378 e. The molecule has 0 aliphatic carbocycles. The summed E-state index contributed by atoms with van der Waals surface area (Å²) >= 11 is 0. The number of amides is 1. The summed E-state index contributed by atoms with van der Waals surface area (Å²) in [6.07, 6.45) is 0. The van der Waals surface area contributed by atoms with Crippen molar-refractivity contribution < 1.29 is 9.53 Å². The molecule has 1 N–H and O–H groups in total. The summed E-state index contributed by atoms with van der Waals surface area (Å²) in [5.74, 6) is 0.542. The standard InChI is InChI=1S/C15H19N3O2/c1-11(15(19)17-6-8-20-9-7-17)18-10-12-4-2-3-5-13(12)14(18)16/h2-5,11,16H,6-10H2,1H3. The predicted molar refractivity (Wildman–Crippen MR) is 75.7 cm³/mol. The molecule has 0 bridgehead atoms. The number of nitrogens with one attached hydrogen (secondary N) is 1. The van der Waals surface area contributed by atoms with Crippen molar-refractivity contribution in [2.45, 2.75) is 19.5 Å². The highest BCUT2D eigenvalue weighted by Crippen LogP contribution is 2.24. The zero-order chi connectivity index (χ0) is 14.1. The van der Waals surface area contributed by atoms with Gasteiger partial charge in [0.2, 0.25) is 5.91 Å². The third-order valence-corrected chi connectivity index (χ3v) is 4.05. The molecule has 1 amide bonds. The highest BCUT2D eigenvalue weighted by molar-refractivity contribution is 6.02. The number of carbonyl (C=O) groups excluding carboxylic acids is 1. The van der Waals surface area contributed by atoms with Gasteiger partial charge in [0.05, 0.1) is 13.2 Å². The van der Waals surface area contributed by atoms with E-state index in [4.69, 9.17) is 10.1 Å². The summed E-state index contributed by atoms with van der Waals surface area (Å²) in [5, 5.41) is 8.26. The second-order valence-electron chi connectivity index (χ2n) is 5.25. The summed E-state index contributed by atoms with van der Waals surface area (Å²) in [7, 11) is 0. The van der Waals surface area contributed by atoms with Gasteiger partial charge in [0.1, 0.15) is 11.9 Å². The molecule has 1 saturated heterocycles. The zero-order valence-corrected chi connectivity index (χ0v) is 11.6. The van der Waals surface area contributed by atoms with Gasteiger partial charge in [0, 0.05) is 25.2 Å². The highest BCUT2D eigenvalue weighted by Gasteiger charge is 2.33. The van der Waals surface area contributed by atoms with Crippen molar-refractivity contribution in [2.75, 3.05) is 26.3 Å². The van der Waals surface area contributed by atoms with E-state index < -0.39 is 0 Å². The first-order valence-corrected chi connectivity index (χ1v) is 6.98. The molecule has 5 heteroatoms. The van der Waals surface area contributed by atoms with Crippen LogP contribution in [-0.2, 0) is 16.1 Å². The van der Waals surface area contributed by atoms with E-state index in [0.717, 1.165) is 11.1 Å². The van der Waals surface area contributed by atoms with Crippen LogP contribution < -0.4 is 0 Å². The van der Waals surface area contributed by atoms with Crippen molar-refractivity contribution in [3.63, 3.8) is 0 Å². The van der Waals surface area contributed by atoms with Crippen molar-refractivity contribution in [1.82, 2.24) is 9.80 Å². The molecule has 1 aromatic rings. The number of rotatable bonds is 2. The third-order valence-electron chi connectivity index (χ3n) is 4.05. The number of morpholine rings is 1. The van der Waals surface area contributed by atoms with Crippen LogP contribution in [0.5, 0.6) is 0 Å². The fourth-order valence-electron chi connectivity index (χ4n) is 2.82. The van der Waals surface area contributed by atoms with Gasteiger partial charge >= 0.3 is 0 Å². The van der Waals surface area contributed by atoms with Crippen molar-refractivity contribution in [1.29, 1.82) is 5.41 Å². The van der Waals surface area contributed by atoms with Gasteiger partial charge in [0.15, 0.2) is 0 Å². The van der Waals surface area contributed by atoms with Crippen LogP contribution in [0.15, 0.2) is 24.3 Å². The second-order valence-corrected chi connectivity index (χ2v) is 5.25. The molecular formula is C15H19N3O2. The molecule has 0 saturated carbocycles. The van der Waals surface area contributed by atoms with Gasteiger partial charge in [0.25, 0.3) is 0 Å². The number of hydrogen-bond acceptors (Lipinski definition) is 3. The van der Waals surface area contributed by atoms with E-state index in [2.05, 4.69) is 0 Å². The maximum Gasteiger partial charge on any atom is 0.245 e. The largest absolute Gasteiger partial charge is 0.378 e. The Kier molecular flexibility index (Phi) is 3.44. The number of benzene rings is 1. The number of carbonyl (C=O) groups is 1. The Balaban J connectivity index is 1.74. The topological polar surface area (TPSA) is 56.6 Å². The van der Waals surface area contributed by atoms with Crippen LogP contribution in [0.25, 0.3) is 0 Å². The smallest absolute Gasteiger partial charge is 0.245 e. The molecule has 2 aliphatic rings. The Morgan fingerprint density at radius 2 is 2.00 bits per heavy atom. The molecule has 1 atom stereocenters. The van der Waals surface area contributed by atoms with Gasteiger partial charge in [-0.2, -0.15) is 0 Å². The molecule has 2 heterocycles. The molecule has 2 aliphatic heterocycles. The fourth-order valence-corrected chi connectivity index (χ4v) is 2.82. The maximum absolute atomic E-state index is 12.5. The van der Waals surface area contributed by atoms with E-state index in [1.807, 2.05) is 41.0 Å². The van der Waals surface area contributed by atoms with Gasteiger partial charge < -0.3 is 14.5 Å². The molecule has 0 radical (unpaired) electrons. The normalized spacial score (nSPS) is 19.9. The summed E-state index contributed by atoms with van der Waals surface area (Å²) in [6.45, 7) is 5.05. The zero-order valence-electron chi connectivity index (χ0n) is 11.6. The van der Waals surface area contributed by atoms with Crippen molar-refractivity contribution in [3.05, 3.63) is 35.4 Å². The minimum absolute atomic E-state index is 0.0888. The average molecular weight is 273 g/mol. The van der Waals surface area contributed by atoms with Crippen LogP contribution in [0.2, 0.25) is 0 Å². The lowest BCUT2D eigenvalue weighted by Crippen LogP contribution is -2.50. The maximum atomic E-state index is 12.5. The minimum atomic E-state index is -0.298. The Bertz CT molecular complexity index is 538. The van der Waals surface area contributed by atoms with Crippen LogP contribution in [0.1, 0.15) is 18.1 Å². The van der Waals surface area contributed by atoms with Gasteiger partial charge in [-0.15, -0.1) is 0 Å². The Morgan fingerprint density at radius 3 is 2.70 bits per heavy atom. The number of fused-ring (bicyclic) bond motifs is 1. The molecule has 1 fully saturated rings. The fraction of sp³-hybridized carbons (Fsp3) is 0.467. The number of nitrogens with zero attached hydrogens (tertiary/aromatic N) is 2. The highest BCUT2D eigenvalue weighted by atomic mass is 16.5. The molecule has 1 aromatic carbocycles. The van der Waals surface area contributed by atoms with E-state index in [-0.39, 0.29) is 11.9 Å². The summed E-state index contributed by atoms with van der Waals surface area (Å²) in [6, 6.07) is 7.59. The van der Waals surface area contributed by atoms with Crippen LogP contribution in [-0.4, -0.2) is 53.9 Å². The van der Waals surface area contributed by atoms with Gasteiger partial charge in [-0.3, -0.25) is 10.2 Å². The number of ether oxygens (including phenoxy) is 1. The van der Waals surface area contributed by atoms with Crippen LogP contribution in [0, 0.1) is 5.41 Å². The Labute approximate surface area is 118 Å². The second kappa shape index (κ2) is 5.25. The molecule has 5 nitrogen and oxygen atoms in total. The van der Waals surface area contributed by atoms with Crippen LogP contribution >= 0.6 is 0 Å². The summed E-state index contributed by atoms with van der Waals surface area (Å²) < 4.78 is 5.28. The molecule has 0 aromatic heterocycles. The Hall–Kier alpha value is -1.88. The third kappa shape index (κ3) is 2.18. The first kappa shape index (κ1) is 13.1. The number of amidine groups is 1. The van der Waals surface area contributed by atoms with Gasteiger partial charge in [-0.25, -0.2) is 0 Å². The molecule has 0 spiro atoms. The van der Waals surface area contributed by atoms with E-state index in [9.17, 15) is 4.79 Å². The quantitative estimate of drug-likeness (QED) is 0.877. The number of hydrogen-bond donors (Lipinski definition) is 1. The molecule has 106 valence electrons. The van der Waals surface area contributed by atoms with E-state index in [0.29, 0.717) is 38.7 Å². The van der Waals surface area contributed by atoms with Crippen molar-refractivity contribution in [2.24, 2.45) is 0 Å². The van der Waals surface area contributed by atoms with Crippen LogP contribution in [0.3, 0.4) is 0 Å². The van der Waals surface area contributed by atoms with Crippen molar-refractivity contribution >= 4 is 11.7 Å². The van der Waals surface area contributed by atoms with Crippen molar-refractivity contribution in [3.8, 4) is 0 Å². The van der Waals surface area contributed by atoms with Gasteiger partial charge in [-0.1, -0.05) is 24.3 Å². The monoisotopic (exact) mass is 273 g/mol. The molecule has 3 rings (SSSR count). The summed E-state index contributed by atoms with van der Waals surface area (Å²) in [4.78, 5) is 16.2. The average Bonchev–Trinajstić information content (AvgIpc) is 2.84. The molecule has 20 heavy (non-hydrogen) atoms. The Morgan fingerprint density at radius 1 is 1.30 bits per heavy atom. The van der Waals surface area contributed by atoms with E-state index >= 15 is 0 Å². The molecule has 1 unspecified atom stereocenters. The SMILES string of the molecule is CC(C(=O)N1CCOCC1)N1Cc2ccccc2C1=N. The lowest BCUT2D eigenvalue weighted by Gasteiger charge is -2.33. The van der Waals surface area contributed by atoms with E-state index in [1.165, 1.54) is 0 Å². The summed E-state index contributed by atoms with van der Waals surface area (Å²) in [5.41, 5.74) is 2.06. The predicted octanol–water partition coefficient (Wildman–Crippen LogP) is 1.07. The molecular weight excluding hydrogens is 254 g/mol. The first-order chi connectivity index (χ1) is 9.68. The van der Waals surface area contributed by atoms with E-state index in [1.54, 1.807) is 0 Å². The van der Waals surface area contributed by atoms with Crippen LogP contribution in [0.4, 0.5) is 0 Å². The first-order valence-electron chi connectivity index (χ1n) is 6.98. The lowest BCUT2D eigenvalue weighted by molar-refractivity contribution is -0.139.